The Morgan fingerprint density at radius 3 is 2.21 bits per heavy atom. The van der Waals surface area contributed by atoms with E-state index in [1.54, 1.807) is 6.07 Å². The fourth-order valence-electron chi connectivity index (χ4n) is 4.46. The summed E-state index contributed by atoms with van der Waals surface area (Å²) in [6, 6.07) is 13.9. The van der Waals surface area contributed by atoms with Crippen molar-refractivity contribution in [3.05, 3.63) is 70.3 Å². The van der Waals surface area contributed by atoms with Crippen LogP contribution in [0, 0.1) is 0 Å². The molecule has 38 heavy (non-hydrogen) atoms. The van der Waals surface area contributed by atoms with Crippen molar-refractivity contribution in [3.63, 3.8) is 0 Å². The molecule has 0 bridgehead atoms. The summed E-state index contributed by atoms with van der Waals surface area (Å²) >= 11 is 0. The van der Waals surface area contributed by atoms with Crippen LogP contribution in [-0.2, 0) is 19.4 Å². The maximum atomic E-state index is 13.3. The summed E-state index contributed by atoms with van der Waals surface area (Å²) in [5.41, 5.74) is 4.44. The Morgan fingerprint density at radius 1 is 0.868 bits per heavy atom. The van der Waals surface area contributed by atoms with Crippen LogP contribution >= 0.6 is 0 Å². The monoisotopic (exact) mass is 524 g/mol. The van der Waals surface area contributed by atoms with Crippen LogP contribution < -0.4 is 10.6 Å². The van der Waals surface area contributed by atoms with Crippen LogP contribution in [0.25, 0.3) is 0 Å². The van der Waals surface area contributed by atoms with E-state index in [0.717, 1.165) is 44.2 Å². The van der Waals surface area contributed by atoms with Crippen LogP contribution in [0.15, 0.2) is 42.5 Å². The molecule has 3 N–H and O–H groups in total. The first-order valence-electron chi connectivity index (χ1n) is 14.1. The number of aliphatic hydroxyl groups is 1. The van der Waals surface area contributed by atoms with Crippen molar-refractivity contribution in [1.82, 2.24) is 20.4 Å². The summed E-state index contributed by atoms with van der Waals surface area (Å²) < 4.78 is 0. The zero-order chi connectivity index (χ0) is 27.9. The quantitative estimate of drug-likeness (QED) is 0.292. The predicted octanol–water partition coefficient (Wildman–Crippen LogP) is 3.89. The molecular weight excluding hydrogens is 476 g/mol. The number of carbonyl (C=O) groups is 2. The van der Waals surface area contributed by atoms with E-state index in [-0.39, 0.29) is 18.4 Å². The van der Waals surface area contributed by atoms with E-state index in [0.29, 0.717) is 37.3 Å². The third-order valence-corrected chi connectivity index (χ3v) is 6.45. The molecule has 2 aromatic carbocycles. The highest BCUT2D eigenvalue weighted by molar-refractivity contribution is 6.00. The van der Waals surface area contributed by atoms with Gasteiger partial charge in [0.15, 0.2) is 0 Å². The lowest BCUT2D eigenvalue weighted by molar-refractivity contribution is 0.0755. The number of hydrogen-bond acceptors (Lipinski definition) is 5. The van der Waals surface area contributed by atoms with Gasteiger partial charge in [-0.2, -0.15) is 0 Å². The Balaban J connectivity index is 2.04. The van der Waals surface area contributed by atoms with E-state index in [2.05, 4.69) is 54.5 Å². The fourth-order valence-corrected chi connectivity index (χ4v) is 4.46. The van der Waals surface area contributed by atoms with Gasteiger partial charge in [0.1, 0.15) is 0 Å². The van der Waals surface area contributed by atoms with Crippen molar-refractivity contribution < 1.29 is 14.7 Å². The Morgan fingerprint density at radius 2 is 1.55 bits per heavy atom. The van der Waals surface area contributed by atoms with E-state index in [1.807, 2.05) is 37.2 Å². The number of nitrogens with one attached hydrogen (secondary N) is 2. The lowest BCUT2D eigenvalue weighted by Gasteiger charge is -2.22. The van der Waals surface area contributed by atoms with Crippen LogP contribution in [0.1, 0.15) is 77.4 Å². The van der Waals surface area contributed by atoms with Gasteiger partial charge in [-0.1, -0.05) is 45.0 Å². The molecule has 0 spiro atoms. The van der Waals surface area contributed by atoms with E-state index in [4.69, 9.17) is 0 Å². The number of aryl methyl sites for hydroxylation is 2. The van der Waals surface area contributed by atoms with Gasteiger partial charge in [-0.05, 0) is 87.6 Å². The van der Waals surface area contributed by atoms with Crippen molar-refractivity contribution in [3.8, 4) is 0 Å². The minimum Gasteiger partial charge on any atom is -0.390 e. The molecular formula is C31H48N4O3. The standard InChI is InChI=1S/C31H48N4O3/c1-6-14-35(15-7-2)31(38)28-19-25(13-10-16-34(4)5)18-27(20-28)30(37)33-23-29(36)22-32-21-26-12-9-11-24(8-3)17-26/h9,11-12,17-20,29,32,36H,6-8,10,13-16,21-23H2,1-5H3,(H,33,37). The molecule has 0 saturated heterocycles. The molecule has 0 aliphatic rings. The molecule has 0 aromatic heterocycles. The van der Waals surface area contributed by atoms with E-state index in [1.165, 1.54) is 11.1 Å². The molecule has 7 nitrogen and oxygen atoms in total. The molecule has 0 saturated carbocycles. The Hall–Kier alpha value is -2.74. The average molecular weight is 525 g/mol. The highest BCUT2D eigenvalue weighted by Gasteiger charge is 2.18. The molecule has 1 atom stereocenters. The second kappa shape index (κ2) is 17.0. The minimum atomic E-state index is -0.720. The summed E-state index contributed by atoms with van der Waals surface area (Å²) in [5, 5.41) is 16.6. The fraction of sp³-hybridized carbons (Fsp3) is 0.548. The molecule has 2 amide bonds. The summed E-state index contributed by atoms with van der Waals surface area (Å²) in [5.74, 6) is -0.311. The molecule has 7 heteroatoms. The zero-order valence-corrected chi connectivity index (χ0v) is 24.1. The third-order valence-electron chi connectivity index (χ3n) is 6.45. The molecule has 0 radical (unpaired) electrons. The number of aliphatic hydroxyl groups excluding tert-OH is 1. The number of amides is 2. The maximum absolute atomic E-state index is 13.3. The molecule has 2 aromatic rings. The third kappa shape index (κ3) is 10.9. The minimum absolute atomic E-state index is 0.0337. The molecule has 0 aliphatic carbocycles. The van der Waals surface area contributed by atoms with Crippen LogP contribution in [0.3, 0.4) is 0 Å². The SMILES string of the molecule is CCCN(CCC)C(=O)c1cc(CCCN(C)C)cc(C(=O)NCC(O)CNCc2cccc(CC)c2)c1. The smallest absolute Gasteiger partial charge is 0.253 e. The molecule has 0 heterocycles. The Labute approximate surface area is 229 Å². The van der Waals surface area contributed by atoms with Gasteiger partial charge >= 0.3 is 0 Å². The van der Waals surface area contributed by atoms with Crippen molar-refractivity contribution >= 4 is 11.8 Å². The van der Waals surface area contributed by atoms with Crippen LogP contribution in [0.4, 0.5) is 0 Å². The zero-order valence-electron chi connectivity index (χ0n) is 24.1. The maximum Gasteiger partial charge on any atom is 0.253 e. The van der Waals surface area contributed by atoms with E-state index >= 15 is 0 Å². The number of benzene rings is 2. The number of nitrogens with zero attached hydrogens (tertiary/aromatic N) is 2. The van der Waals surface area contributed by atoms with Crippen molar-refractivity contribution in [1.29, 1.82) is 0 Å². The largest absolute Gasteiger partial charge is 0.390 e. The van der Waals surface area contributed by atoms with Crippen LogP contribution in [0.5, 0.6) is 0 Å². The summed E-state index contributed by atoms with van der Waals surface area (Å²) in [4.78, 5) is 30.4. The van der Waals surface area contributed by atoms with Crippen molar-refractivity contribution in [2.24, 2.45) is 0 Å². The second-order valence-electron chi connectivity index (χ2n) is 10.3. The molecule has 1 unspecified atom stereocenters. The Bertz CT molecular complexity index is 1000. The normalized spacial score (nSPS) is 12.0. The number of rotatable bonds is 17. The van der Waals surface area contributed by atoms with Crippen molar-refractivity contribution in [2.45, 2.75) is 65.5 Å². The van der Waals surface area contributed by atoms with Gasteiger partial charge in [-0.25, -0.2) is 0 Å². The van der Waals surface area contributed by atoms with Gasteiger partial charge in [0.05, 0.1) is 6.10 Å². The highest BCUT2D eigenvalue weighted by atomic mass is 16.3. The lowest BCUT2D eigenvalue weighted by atomic mass is 10.0. The first kappa shape index (κ1) is 31.5. The van der Waals surface area contributed by atoms with Gasteiger partial charge in [0.25, 0.3) is 11.8 Å². The summed E-state index contributed by atoms with van der Waals surface area (Å²) in [6.07, 6.45) is 3.76. The van der Waals surface area contributed by atoms with Gasteiger partial charge < -0.3 is 25.5 Å². The van der Waals surface area contributed by atoms with E-state index in [9.17, 15) is 14.7 Å². The topological polar surface area (TPSA) is 84.9 Å². The molecule has 0 aliphatic heterocycles. The summed E-state index contributed by atoms with van der Waals surface area (Å²) in [6.45, 7) is 9.74. The first-order chi connectivity index (χ1) is 18.3. The first-order valence-corrected chi connectivity index (χ1v) is 14.1. The van der Waals surface area contributed by atoms with Crippen LogP contribution in [0.2, 0.25) is 0 Å². The second-order valence-corrected chi connectivity index (χ2v) is 10.3. The lowest BCUT2D eigenvalue weighted by Crippen LogP contribution is -2.38. The van der Waals surface area contributed by atoms with Crippen LogP contribution in [-0.4, -0.2) is 79.6 Å². The summed E-state index contributed by atoms with van der Waals surface area (Å²) in [7, 11) is 4.07. The molecule has 210 valence electrons. The highest BCUT2D eigenvalue weighted by Crippen LogP contribution is 2.16. The average Bonchev–Trinajstić information content (AvgIpc) is 2.91. The van der Waals surface area contributed by atoms with Gasteiger partial charge in [-0.15, -0.1) is 0 Å². The predicted molar refractivity (Wildman–Crippen MR) is 156 cm³/mol. The molecule has 0 fully saturated rings. The Kier molecular flexibility index (Phi) is 14.1. The number of hydrogen-bond donors (Lipinski definition) is 3. The van der Waals surface area contributed by atoms with Gasteiger partial charge in [0.2, 0.25) is 0 Å². The van der Waals surface area contributed by atoms with Gasteiger partial charge in [-0.3, -0.25) is 9.59 Å². The van der Waals surface area contributed by atoms with Gasteiger partial charge in [0, 0.05) is 43.9 Å². The van der Waals surface area contributed by atoms with Crippen molar-refractivity contribution in [2.75, 3.05) is 46.8 Å². The number of carbonyl (C=O) groups excluding carboxylic acids is 2. The molecule has 2 rings (SSSR count). The van der Waals surface area contributed by atoms with E-state index < -0.39 is 6.10 Å².